The molecule has 0 fully saturated rings. The van der Waals surface area contributed by atoms with Crippen molar-refractivity contribution in [3.63, 3.8) is 0 Å². The molecule has 0 atom stereocenters. The molecule has 0 saturated heterocycles. The molecule has 0 amide bonds. The Hall–Kier alpha value is -2.27. The Morgan fingerprint density at radius 2 is 1.78 bits per heavy atom. The lowest BCUT2D eigenvalue weighted by molar-refractivity contribution is 0.891. The van der Waals surface area contributed by atoms with Gasteiger partial charge in [0.15, 0.2) is 5.82 Å². The van der Waals surface area contributed by atoms with Gasteiger partial charge in [0.25, 0.3) is 0 Å². The van der Waals surface area contributed by atoms with Crippen LogP contribution in [0.4, 0.5) is 0 Å². The molecule has 3 aromatic rings. The number of hydrogen-bond acceptors (Lipinski definition) is 4. The SMILES string of the molecule is [S-]c1nnc(-c2cccnc2)n1-c1ccccc1. The molecule has 2 heterocycles. The van der Waals surface area contributed by atoms with Crippen LogP contribution >= 0.6 is 0 Å². The quantitative estimate of drug-likeness (QED) is 0.657. The van der Waals surface area contributed by atoms with E-state index in [1.165, 1.54) is 0 Å². The molecule has 0 aliphatic heterocycles. The third-order valence-corrected chi connectivity index (χ3v) is 2.83. The number of rotatable bonds is 2. The normalized spacial score (nSPS) is 10.4. The van der Waals surface area contributed by atoms with Gasteiger partial charge in [-0.1, -0.05) is 18.2 Å². The van der Waals surface area contributed by atoms with Crippen LogP contribution < -0.4 is 0 Å². The fourth-order valence-electron chi connectivity index (χ4n) is 1.76. The molecule has 3 rings (SSSR count). The first kappa shape index (κ1) is 10.9. The van der Waals surface area contributed by atoms with Crippen LogP contribution in [0.15, 0.2) is 60.0 Å². The minimum absolute atomic E-state index is 0.444. The largest absolute Gasteiger partial charge is 0.740 e. The average Bonchev–Trinajstić information content (AvgIpc) is 2.83. The molecule has 0 N–H and O–H groups in total. The monoisotopic (exact) mass is 253 g/mol. The lowest BCUT2D eigenvalue weighted by Crippen LogP contribution is -1.99. The van der Waals surface area contributed by atoms with Crippen LogP contribution in [0, 0.1) is 0 Å². The van der Waals surface area contributed by atoms with E-state index < -0.39 is 0 Å². The maximum absolute atomic E-state index is 5.22. The summed E-state index contributed by atoms with van der Waals surface area (Å²) >= 11 is 5.22. The van der Waals surface area contributed by atoms with E-state index in [1.54, 1.807) is 12.4 Å². The number of pyridine rings is 1. The fourth-order valence-corrected chi connectivity index (χ4v) is 1.99. The highest BCUT2D eigenvalue weighted by molar-refractivity contribution is 7.58. The number of para-hydroxylation sites is 1. The zero-order valence-corrected chi connectivity index (χ0v) is 10.2. The van der Waals surface area contributed by atoms with Crippen molar-refractivity contribution in [2.24, 2.45) is 0 Å². The predicted molar refractivity (Wildman–Crippen MR) is 70.2 cm³/mol. The van der Waals surface area contributed by atoms with Gasteiger partial charge in [-0.05, 0) is 24.3 Å². The van der Waals surface area contributed by atoms with Crippen molar-refractivity contribution < 1.29 is 0 Å². The van der Waals surface area contributed by atoms with Crippen LogP contribution in [0.2, 0.25) is 0 Å². The second-order valence-corrected chi connectivity index (χ2v) is 4.08. The molecular weight excluding hydrogens is 244 g/mol. The summed E-state index contributed by atoms with van der Waals surface area (Å²) in [6, 6.07) is 13.6. The molecule has 1 aromatic carbocycles. The molecule has 2 aromatic heterocycles. The number of nitrogens with zero attached hydrogens (tertiary/aromatic N) is 4. The van der Waals surface area contributed by atoms with Crippen molar-refractivity contribution in [1.82, 2.24) is 19.7 Å². The molecule has 0 aliphatic rings. The zero-order valence-electron chi connectivity index (χ0n) is 9.39. The molecule has 0 aliphatic carbocycles. The summed E-state index contributed by atoms with van der Waals surface area (Å²) in [5.41, 5.74) is 1.84. The summed E-state index contributed by atoms with van der Waals surface area (Å²) in [6.45, 7) is 0. The van der Waals surface area contributed by atoms with Gasteiger partial charge in [-0.25, -0.2) is 0 Å². The van der Waals surface area contributed by atoms with Crippen molar-refractivity contribution in [2.75, 3.05) is 0 Å². The second-order valence-electron chi connectivity index (χ2n) is 3.72. The van der Waals surface area contributed by atoms with E-state index in [-0.39, 0.29) is 0 Å². The summed E-state index contributed by atoms with van der Waals surface area (Å²) in [6.07, 6.45) is 3.47. The van der Waals surface area contributed by atoms with Gasteiger partial charge in [-0.15, -0.1) is 5.10 Å². The fraction of sp³-hybridized carbons (Fsp3) is 0. The molecule has 0 spiro atoms. The van der Waals surface area contributed by atoms with E-state index in [4.69, 9.17) is 12.6 Å². The Kier molecular flexibility index (Phi) is 2.74. The van der Waals surface area contributed by atoms with Crippen molar-refractivity contribution in [3.05, 3.63) is 54.9 Å². The minimum Gasteiger partial charge on any atom is -0.740 e. The molecule has 88 valence electrons. The van der Waals surface area contributed by atoms with E-state index in [0.717, 1.165) is 11.3 Å². The Morgan fingerprint density at radius 3 is 2.50 bits per heavy atom. The Labute approximate surface area is 110 Å². The van der Waals surface area contributed by atoms with Crippen LogP contribution in [-0.4, -0.2) is 19.7 Å². The number of aromatic nitrogens is 4. The highest BCUT2D eigenvalue weighted by Crippen LogP contribution is 2.21. The van der Waals surface area contributed by atoms with Gasteiger partial charge in [0.2, 0.25) is 0 Å². The summed E-state index contributed by atoms with van der Waals surface area (Å²) in [7, 11) is 0. The van der Waals surface area contributed by atoms with E-state index in [9.17, 15) is 0 Å². The molecular formula is C13H9N4S-. The molecule has 5 heteroatoms. The topological polar surface area (TPSA) is 43.6 Å². The third-order valence-electron chi connectivity index (χ3n) is 2.57. The van der Waals surface area contributed by atoms with Gasteiger partial charge in [0.1, 0.15) is 0 Å². The minimum atomic E-state index is 0.444. The molecule has 18 heavy (non-hydrogen) atoms. The van der Waals surface area contributed by atoms with Crippen molar-refractivity contribution in [3.8, 4) is 17.1 Å². The standard InChI is InChI=1S/C13H10N4S/c18-13-16-15-12(10-5-4-8-14-9-10)17(13)11-6-2-1-3-7-11/h1-9H,(H,16,18)/p-1. The van der Waals surface area contributed by atoms with Crippen LogP contribution in [0.3, 0.4) is 0 Å². The highest BCUT2D eigenvalue weighted by Gasteiger charge is 2.09. The Balaban J connectivity index is 2.19. The van der Waals surface area contributed by atoms with E-state index in [2.05, 4.69) is 15.2 Å². The van der Waals surface area contributed by atoms with Gasteiger partial charge in [-0.3, -0.25) is 9.55 Å². The maximum Gasteiger partial charge on any atom is 0.168 e. The third kappa shape index (κ3) is 1.84. The van der Waals surface area contributed by atoms with Crippen molar-refractivity contribution in [1.29, 1.82) is 0 Å². The first-order valence-corrected chi connectivity index (χ1v) is 5.85. The van der Waals surface area contributed by atoms with Gasteiger partial charge in [-0.2, -0.15) is 5.10 Å². The first-order valence-electron chi connectivity index (χ1n) is 5.44. The lowest BCUT2D eigenvalue weighted by atomic mass is 10.2. The van der Waals surface area contributed by atoms with Gasteiger partial charge in [0, 0.05) is 28.8 Å². The number of benzene rings is 1. The number of hydrogen-bond donors (Lipinski definition) is 0. The molecule has 0 radical (unpaired) electrons. The molecule has 0 bridgehead atoms. The predicted octanol–water partition coefficient (Wildman–Crippen LogP) is 2.24. The van der Waals surface area contributed by atoms with Crippen LogP contribution in [0.5, 0.6) is 0 Å². The second kappa shape index (κ2) is 4.54. The maximum atomic E-state index is 5.22. The Morgan fingerprint density at radius 1 is 0.944 bits per heavy atom. The van der Waals surface area contributed by atoms with E-state index in [0.29, 0.717) is 11.0 Å². The summed E-state index contributed by atoms with van der Waals surface area (Å²) in [5, 5.41) is 8.54. The van der Waals surface area contributed by atoms with Crippen LogP contribution in [0.25, 0.3) is 17.1 Å². The molecule has 0 saturated carbocycles. The van der Waals surface area contributed by atoms with Gasteiger partial charge in [0.05, 0.1) is 0 Å². The smallest absolute Gasteiger partial charge is 0.168 e. The van der Waals surface area contributed by atoms with Crippen molar-refractivity contribution >= 4 is 12.6 Å². The average molecular weight is 253 g/mol. The molecule has 4 nitrogen and oxygen atoms in total. The van der Waals surface area contributed by atoms with Gasteiger partial charge >= 0.3 is 0 Å². The van der Waals surface area contributed by atoms with E-state index >= 15 is 0 Å². The summed E-state index contributed by atoms with van der Waals surface area (Å²) in [4.78, 5) is 4.09. The summed E-state index contributed by atoms with van der Waals surface area (Å²) < 4.78 is 1.84. The lowest BCUT2D eigenvalue weighted by Gasteiger charge is -2.12. The summed E-state index contributed by atoms with van der Waals surface area (Å²) in [5.74, 6) is 0.708. The zero-order chi connectivity index (χ0) is 12.4. The van der Waals surface area contributed by atoms with Crippen molar-refractivity contribution in [2.45, 2.75) is 5.16 Å². The van der Waals surface area contributed by atoms with Crippen LogP contribution in [0.1, 0.15) is 0 Å². The molecule has 0 unspecified atom stereocenters. The Bertz CT molecular complexity index is 649. The van der Waals surface area contributed by atoms with E-state index in [1.807, 2.05) is 47.0 Å². The van der Waals surface area contributed by atoms with Crippen LogP contribution in [-0.2, 0) is 12.6 Å². The first-order chi connectivity index (χ1) is 8.86. The van der Waals surface area contributed by atoms with Gasteiger partial charge < -0.3 is 12.6 Å². The highest BCUT2D eigenvalue weighted by atomic mass is 32.1.